The smallest absolute Gasteiger partial charge is 0.217 e. The van der Waals surface area contributed by atoms with Crippen molar-refractivity contribution in [3.05, 3.63) is 35.4 Å². The summed E-state index contributed by atoms with van der Waals surface area (Å²) in [5, 5.41) is 16.0. The first kappa shape index (κ1) is 17.4. The molecule has 0 aliphatic heterocycles. The van der Waals surface area contributed by atoms with Crippen LogP contribution < -0.4 is 10.6 Å². The fourth-order valence-electron chi connectivity index (χ4n) is 2.47. The Balaban J connectivity index is 2.03. The molecular weight excluding hydrogens is 302 g/mol. The van der Waals surface area contributed by atoms with Gasteiger partial charge in [-0.2, -0.15) is 0 Å². The second-order valence-corrected chi connectivity index (χ2v) is 5.96. The highest BCUT2D eigenvalue weighted by Gasteiger charge is 2.41. The van der Waals surface area contributed by atoms with E-state index in [1.165, 1.54) is 19.1 Å². The zero-order chi connectivity index (χ0) is 17.0. The van der Waals surface area contributed by atoms with E-state index in [0.717, 1.165) is 18.9 Å². The second kappa shape index (κ2) is 7.07. The SMILES string of the molecule is C#CC1(NCC(O)C(Cc2cc(F)cc(F)c2)NC(C)=O)CC1. The minimum atomic E-state index is -0.934. The van der Waals surface area contributed by atoms with Crippen LogP contribution in [0.5, 0.6) is 0 Å². The molecule has 4 nitrogen and oxygen atoms in total. The van der Waals surface area contributed by atoms with Crippen molar-refractivity contribution < 1.29 is 18.7 Å². The van der Waals surface area contributed by atoms with Gasteiger partial charge in [-0.1, -0.05) is 5.92 Å². The molecule has 1 saturated carbocycles. The molecule has 1 aliphatic carbocycles. The molecule has 0 heterocycles. The first-order chi connectivity index (χ1) is 10.8. The van der Waals surface area contributed by atoms with Gasteiger partial charge in [0.15, 0.2) is 0 Å². The number of benzene rings is 1. The van der Waals surface area contributed by atoms with Gasteiger partial charge in [0, 0.05) is 19.5 Å². The summed E-state index contributed by atoms with van der Waals surface area (Å²) in [6.07, 6.45) is 6.29. The number of hydrogen-bond donors (Lipinski definition) is 3. The number of carbonyl (C=O) groups excluding carboxylic acids is 1. The maximum absolute atomic E-state index is 13.3. The van der Waals surface area contributed by atoms with Gasteiger partial charge in [0.2, 0.25) is 5.91 Å². The number of hydrogen-bond acceptors (Lipinski definition) is 3. The van der Waals surface area contributed by atoms with Gasteiger partial charge in [0.25, 0.3) is 0 Å². The molecule has 1 aromatic rings. The lowest BCUT2D eigenvalue weighted by molar-refractivity contribution is -0.120. The van der Waals surface area contributed by atoms with E-state index in [2.05, 4.69) is 16.6 Å². The summed E-state index contributed by atoms with van der Waals surface area (Å²) >= 11 is 0. The zero-order valence-electron chi connectivity index (χ0n) is 12.9. The van der Waals surface area contributed by atoms with Gasteiger partial charge in [-0.05, 0) is 37.0 Å². The maximum atomic E-state index is 13.3. The largest absolute Gasteiger partial charge is 0.390 e. The fraction of sp³-hybridized carbons (Fsp3) is 0.471. The topological polar surface area (TPSA) is 61.4 Å². The number of amides is 1. The lowest BCUT2D eigenvalue weighted by Gasteiger charge is -2.25. The molecule has 0 spiro atoms. The quantitative estimate of drug-likeness (QED) is 0.660. The van der Waals surface area contributed by atoms with Gasteiger partial charge in [0.1, 0.15) is 11.6 Å². The summed E-state index contributed by atoms with van der Waals surface area (Å²) in [6, 6.07) is 2.47. The number of aliphatic hydroxyl groups is 1. The van der Waals surface area contributed by atoms with Crippen LogP contribution in [0.1, 0.15) is 25.3 Å². The molecule has 0 saturated heterocycles. The Labute approximate surface area is 134 Å². The lowest BCUT2D eigenvalue weighted by atomic mass is 10.0. The molecule has 0 bridgehead atoms. The van der Waals surface area contributed by atoms with E-state index in [9.17, 15) is 18.7 Å². The Bertz CT molecular complexity index is 603. The van der Waals surface area contributed by atoms with Gasteiger partial charge in [-0.15, -0.1) is 6.42 Å². The standard InChI is InChI=1S/C17H20F2N2O2/c1-3-17(4-5-17)20-10-16(23)15(21-11(2)22)8-12-6-13(18)9-14(19)7-12/h1,6-7,9,15-16,20,23H,4-5,8,10H2,2H3,(H,21,22). The Morgan fingerprint density at radius 3 is 2.48 bits per heavy atom. The molecule has 3 N–H and O–H groups in total. The second-order valence-electron chi connectivity index (χ2n) is 5.96. The molecule has 124 valence electrons. The first-order valence-corrected chi connectivity index (χ1v) is 7.46. The minimum absolute atomic E-state index is 0.111. The van der Waals surface area contributed by atoms with Crippen molar-refractivity contribution in [3.8, 4) is 12.3 Å². The molecule has 2 atom stereocenters. The number of β-amino-alcohol motifs (C(OH)–C–C–N with tert-alkyl or cyclic N) is 1. The van der Waals surface area contributed by atoms with Crippen molar-refractivity contribution in [3.63, 3.8) is 0 Å². The van der Waals surface area contributed by atoms with Crippen LogP contribution in [0.4, 0.5) is 8.78 Å². The third kappa shape index (κ3) is 5.02. The van der Waals surface area contributed by atoms with Gasteiger partial charge in [-0.3, -0.25) is 10.1 Å². The molecule has 2 unspecified atom stereocenters. The van der Waals surface area contributed by atoms with E-state index in [1.54, 1.807) is 0 Å². The molecule has 23 heavy (non-hydrogen) atoms. The van der Waals surface area contributed by atoms with Crippen molar-refractivity contribution in [2.24, 2.45) is 0 Å². The third-order valence-electron chi connectivity index (χ3n) is 3.91. The normalized spacial score (nSPS) is 17.9. The summed E-state index contributed by atoms with van der Waals surface area (Å²) in [5.74, 6) is 0.922. The number of terminal acetylenes is 1. The predicted molar refractivity (Wildman–Crippen MR) is 82.5 cm³/mol. The molecule has 1 aromatic carbocycles. The summed E-state index contributed by atoms with van der Waals surface area (Å²) in [4.78, 5) is 11.3. The molecule has 2 rings (SSSR count). The van der Waals surface area contributed by atoms with E-state index in [4.69, 9.17) is 6.42 Å². The highest BCUT2D eigenvalue weighted by Crippen LogP contribution is 2.34. The van der Waals surface area contributed by atoms with Crippen LogP contribution in [0, 0.1) is 24.0 Å². The average Bonchev–Trinajstić information content (AvgIpc) is 3.23. The van der Waals surface area contributed by atoms with Gasteiger partial charge in [0.05, 0.1) is 17.7 Å². The lowest BCUT2D eigenvalue weighted by Crippen LogP contribution is -2.49. The van der Waals surface area contributed by atoms with Crippen LogP contribution >= 0.6 is 0 Å². The molecule has 1 aliphatic rings. The van der Waals surface area contributed by atoms with Crippen molar-refractivity contribution in [1.29, 1.82) is 0 Å². The van der Waals surface area contributed by atoms with Crippen LogP contribution in [0.3, 0.4) is 0 Å². The van der Waals surface area contributed by atoms with Crippen molar-refractivity contribution in [2.75, 3.05) is 6.54 Å². The first-order valence-electron chi connectivity index (χ1n) is 7.46. The fourth-order valence-corrected chi connectivity index (χ4v) is 2.47. The third-order valence-corrected chi connectivity index (χ3v) is 3.91. The van der Waals surface area contributed by atoms with Crippen LogP contribution in [-0.4, -0.2) is 35.2 Å². The van der Waals surface area contributed by atoms with Crippen molar-refractivity contribution in [2.45, 2.75) is 43.9 Å². The highest BCUT2D eigenvalue weighted by atomic mass is 19.1. The monoisotopic (exact) mass is 322 g/mol. The summed E-state index contributed by atoms with van der Waals surface area (Å²) in [7, 11) is 0. The van der Waals surface area contributed by atoms with Crippen molar-refractivity contribution >= 4 is 5.91 Å². The number of rotatable bonds is 7. The van der Waals surface area contributed by atoms with Gasteiger partial charge < -0.3 is 10.4 Å². The van der Waals surface area contributed by atoms with Crippen LogP contribution in [0.2, 0.25) is 0 Å². The highest BCUT2D eigenvalue weighted by molar-refractivity contribution is 5.73. The number of carbonyl (C=O) groups is 1. The molecule has 1 amide bonds. The molecule has 1 fully saturated rings. The van der Waals surface area contributed by atoms with Crippen LogP contribution in [0.15, 0.2) is 18.2 Å². The van der Waals surface area contributed by atoms with Gasteiger partial charge in [-0.25, -0.2) is 8.78 Å². The minimum Gasteiger partial charge on any atom is -0.390 e. The molecule has 0 aromatic heterocycles. The number of aliphatic hydroxyl groups excluding tert-OH is 1. The van der Waals surface area contributed by atoms with E-state index >= 15 is 0 Å². The summed E-state index contributed by atoms with van der Waals surface area (Å²) in [5.41, 5.74) is -0.00872. The Hall–Kier alpha value is -1.97. The predicted octanol–water partition coefficient (Wildman–Crippen LogP) is 1.13. The number of nitrogens with one attached hydrogen (secondary N) is 2. The van der Waals surface area contributed by atoms with E-state index < -0.39 is 23.8 Å². The van der Waals surface area contributed by atoms with E-state index in [0.29, 0.717) is 5.56 Å². The number of halogens is 2. The van der Waals surface area contributed by atoms with Gasteiger partial charge >= 0.3 is 0 Å². The Morgan fingerprint density at radius 1 is 1.39 bits per heavy atom. The molecular formula is C17H20F2N2O2. The van der Waals surface area contributed by atoms with E-state index in [-0.39, 0.29) is 24.4 Å². The summed E-state index contributed by atoms with van der Waals surface area (Å²) < 4.78 is 26.6. The zero-order valence-corrected chi connectivity index (χ0v) is 12.9. The average molecular weight is 322 g/mol. The summed E-state index contributed by atoms with van der Waals surface area (Å²) in [6.45, 7) is 1.51. The maximum Gasteiger partial charge on any atom is 0.217 e. The van der Waals surface area contributed by atoms with Crippen molar-refractivity contribution in [1.82, 2.24) is 10.6 Å². The Kier molecular flexibility index (Phi) is 5.34. The molecule has 6 heteroatoms. The van der Waals surface area contributed by atoms with E-state index in [1.807, 2.05) is 0 Å². The van der Waals surface area contributed by atoms with Crippen LogP contribution in [-0.2, 0) is 11.2 Å². The molecule has 0 radical (unpaired) electrons. The Morgan fingerprint density at radius 2 is 2.00 bits per heavy atom. The van der Waals surface area contributed by atoms with Crippen LogP contribution in [0.25, 0.3) is 0 Å².